The van der Waals surface area contributed by atoms with E-state index in [1.54, 1.807) is 6.07 Å². The number of hydrogen-bond donors (Lipinski definition) is 1. The molecule has 0 unspecified atom stereocenters. The molecular formula is C22H29NO3Si. The van der Waals surface area contributed by atoms with Crippen LogP contribution in [0.5, 0.6) is 0 Å². The first kappa shape index (κ1) is 19.8. The Labute approximate surface area is 162 Å². The zero-order chi connectivity index (χ0) is 19.8. The molecule has 2 aromatic carbocycles. The third-order valence-electron chi connectivity index (χ3n) is 5.96. The maximum Gasteiger partial charge on any atom is 0.258 e. The Balaban J connectivity index is 1.70. The lowest BCUT2D eigenvalue weighted by Gasteiger charge is -2.36. The van der Waals surface area contributed by atoms with Crippen molar-refractivity contribution in [2.45, 2.75) is 58.2 Å². The first-order chi connectivity index (χ1) is 12.6. The summed E-state index contributed by atoms with van der Waals surface area (Å²) in [5.74, 6) is -0.615. The van der Waals surface area contributed by atoms with Crippen LogP contribution in [-0.4, -0.2) is 26.7 Å². The maximum atomic E-state index is 12.1. The maximum absolute atomic E-state index is 12.1. The fraction of sp³-hybridized carbons (Fsp3) is 0.455. The number of amides is 2. The van der Waals surface area contributed by atoms with Gasteiger partial charge in [-0.25, -0.2) is 0 Å². The smallest absolute Gasteiger partial charge is 0.258 e. The SMILES string of the molecule is CC(C)(C)[Si](C)(C)OCCCCc1ccc2c3c(cccc13)C(=O)NC2=O. The molecule has 1 aliphatic rings. The number of aryl methyl sites for hydroxylation is 1. The molecule has 0 spiro atoms. The van der Waals surface area contributed by atoms with E-state index in [-0.39, 0.29) is 16.9 Å². The van der Waals surface area contributed by atoms with Gasteiger partial charge in [0.25, 0.3) is 11.8 Å². The molecule has 0 radical (unpaired) electrons. The van der Waals surface area contributed by atoms with E-state index in [4.69, 9.17) is 4.43 Å². The molecular weight excluding hydrogens is 354 g/mol. The normalized spacial score (nSPS) is 14.6. The van der Waals surface area contributed by atoms with Crippen LogP contribution in [0.2, 0.25) is 18.1 Å². The minimum absolute atomic E-state index is 0.232. The van der Waals surface area contributed by atoms with E-state index in [0.29, 0.717) is 11.1 Å². The highest BCUT2D eigenvalue weighted by molar-refractivity contribution is 6.74. The standard InChI is InChI=1S/C22H29NO3Si/c1-22(2,3)27(4,5)26-14-7-6-9-15-12-13-18-19-16(15)10-8-11-17(19)20(24)23-21(18)25/h8,10-13H,6-7,9,14H2,1-5H3,(H,23,24,25). The third-order valence-corrected chi connectivity index (χ3v) is 10.5. The first-order valence-electron chi connectivity index (χ1n) is 9.66. The largest absolute Gasteiger partial charge is 0.417 e. The highest BCUT2D eigenvalue weighted by Crippen LogP contribution is 2.36. The molecule has 4 nitrogen and oxygen atoms in total. The monoisotopic (exact) mass is 383 g/mol. The second-order valence-electron chi connectivity index (χ2n) is 8.85. The van der Waals surface area contributed by atoms with E-state index in [1.807, 2.05) is 24.3 Å². The molecule has 0 saturated carbocycles. The van der Waals surface area contributed by atoms with E-state index in [2.05, 4.69) is 39.2 Å². The molecule has 1 aliphatic heterocycles. The summed E-state index contributed by atoms with van der Waals surface area (Å²) in [6.07, 6.45) is 2.94. The van der Waals surface area contributed by atoms with Crippen LogP contribution in [0.3, 0.4) is 0 Å². The van der Waals surface area contributed by atoms with Gasteiger partial charge in [-0.05, 0) is 60.5 Å². The summed E-state index contributed by atoms with van der Waals surface area (Å²) < 4.78 is 6.25. The van der Waals surface area contributed by atoms with Crippen LogP contribution in [-0.2, 0) is 10.8 Å². The van der Waals surface area contributed by atoms with Crippen molar-refractivity contribution in [1.82, 2.24) is 5.32 Å². The van der Waals surface area contributed by atoms with Crippen LogP contribution in [0.4, 0.5) is 0 Å². The van der Waals surface area contributed by atoms with Gasteiger partial charge in [0.15, 0.2) is 8.32 Å². The second kappa shape index (κ2) is 7.21. The summed E-state index contributed by atoms with van der Waals surface area (Å²) in [7, 11) is -1.69. The van der Waals surface area contributed by atoms with Crippen LogP contribution in [0, 0.1) is 0 Å². The summed E-state index contributed by atoms with van der Waals surface area (Å²) in [6.45, 7) is 12.1. The number of nitrogens with one attached hydrogen (secondary N) is 1. The molecule has 0 atom stereocenters. The highest BCUT2D eigenvalue weighted by atomic mass is 28.4. The van der Waals surface area contributed by atoms with Gasteiger partial charge in [0.05, 0.1) is 0 Å². The van der Waals surface area contributed by atoms with Crippen molar-refractivity contribution >= 4 is 30.9 Å². The van der Waals surface area contributed by atoms with Crippen molar-refractivity contribution in [2.75, 3.05) is 6.61 Å². The van der Waals surface area contributed by atoms with Crippen molar-refractivity contribution in [3.63, 3.8) is 0 Å². The number of carbonyl (C=O) groups is 2. The van der Waals surface area contributed by atoms with Gasteiger partial charge >= 0.3 is 0 Å². The Hall–Kier alpha value is -1.98. The zero-order valence-corrected chi connectivity index (χ0v) is 17.9. The quantitative estimate of drug-likeness (QED) is 0.430. The van der Waals surface area contributed by atoms with Crippen molar-refractivity contribution in [2.24, 2.45) is 0 Å². The predicted molar refractivity (Wildman–Crippen MR) is 112 cm³/mol. The molecule has 1 N–H and O–H groups in total. The van der Waals surface area contributed by atoms with Gasteiger partial charge in [0.1, 0.15) is 0 Å². The summed E-state index contributed by atoms with van der Waals surface area (Å²) in [5, 5.41) is 4.45. The van der Waals surface area contributed by atoms with Crippen molar-refractivity contribution in [3.05, 3.63) is 47.0 Å². The number of benzene rings is 2. The molecule has 0 aliphatic carbocycles. The molecule has 5 heteroatoms. The van der Waals surface area contributed by atoms with E-state index >= 15 is 0 Å². The summed E-state index contributed by atoms with van der Waals surface area (Å²) in [5.41, 5.74) is 2.36. The van der Waals surface area contributed by atoms with Gasteiger partial charge in [0.2, 0.25) is 0 Å². The average Bonchev–Trinajstić information content (AvgIpc) is 2.58. The molecule has 0 fully saturated rings. The second-order valence-corrected chi connectivity index (χ2v) is 13.7. The van der Waals surface area contributed by atoms with E-state index in [1.165, 1.54) is 5.56 Å². The van der Waals surface area contributed by atoms with Crippen LogP contribution >= 0.6 is 0 Å². The minimum atomic E-state index is -1.69. The molecule has 0 aromatic heterocycles. The van der Waals surface area contributed by atoms with Gasteiger partial charge < -0.3 is 4.43 Å². The number of hydrogen-bond acceptors (Lipinski definition) is 3. The molecule has 27 heavy (non-hydrogen) atoms. The van der Waals surface area contributed by atoms with Gasteiger partial charge in [0, 0.05) is 23.1 Å². The lowest BCUT2D eigenvalue weighted by molar-refractivity contribution is 0.0845. The molecule has 1 heterocycles. The predicted octanol–water partition coefficient (Wildman–Crippen LogP) is 5.07. The van der Waals surface area contributed by atoms with E-state index in [9.17, 15) is 9.59 Å². The van der Waals surface area contributed by atoms with Crippen LogP contribution < -0.4 is 5.32 Å². The molecule has 144 valence electrons. The Kier molecular flexibility index (Phi) is 5.28. The van der Waals surface area contributed by atoms with Crippen LogP contribution in [0.1, 0.15) is 59.9 Å². The van der Waals surface area contributed by atoms with Gasteiger partial charge in [-0.2, -0.15) is 0 Å². The van der Waals surface area contributed by atoms with Crippen molar-refractivity contribution in [3.8, 4) is 0 Å². The lowest BCUT2D eigenvalue weighted by atomic mass is 9.91. The zero-order valence-electron chi connectivity index (χ0n) is 16.9. The third kappa shape index (κ3) is 3.85. The molecule has 0 bridgehead atoms. The lowest BCUT2D eigenvalue weighted by Crippen LogP contribution is -2.40. The van der Waals surface area contributed by atoms with E-state index in [0.717, 1.165) is 36.6 Å². The van der Waals surface area contributed by atoms with Crippen molar-refractivity contribution < 1.29 is 14.0 Å². The highest BCUT2D eigenvalue weighted by Gasteiger charge is 2.36. The fourth-order valence-corrected chi connectivity index (χ4v) is 4.35. The number of carbonyl (C=O) groups excluding carboxylic acids is 2. The molecule has 0 saturated heterocycles. The van der Waals surface area contributed by atoms with Crippen LogP contribution in [0.25, 0.3) is 10.8 Å². The summed E-state index contributed by atoms with van der Waals surface area (Å²) in [4.78, 5) is 24.2. The summed E-state index contributed by atoms with van der Waals surface area (Å²) in [6, 6.07) is 9.54. The van der Waals surface area contributed by atoms with Crippen molar-refractivity contribution in [1.29, 1.82) is 0 Å². The van der Waals surface area contributed by atoms with Gasteiger partial charge in [-0.3, -0.25) is 14.9 Å². The number of unbranched alkanes of at least 4 members (excludes halogenated alkanes) is 1. The fourth-order valence-electron chi connectivity index (χ4n) is 3.26. The minimum Gasteiger partial charge on any atom is -0.417 e. The van der Waals surface area contributed by atoms with Gasteiger partial charge in [-0.1, -0.05) is 39.0 Å². The number of imide groups is 1. The molecule has 3 rings (SSSR count). The molecule has 2 aromatic rings. The Morgan fingerprint density at radius 2 is 1.63 bits per heavy atom. The number of rotatable bonds is 6. The Bertz CT molecular complexity index is 876. The van der Waals surface area contributed by atoms with E-state index < -0.39 is 8.32 Å². The molecule has 2 amide bonds. The van der Waals surface area contributed by atoms with Gasteiger partial charge in [-0.15, -0.1) is 0 Å². The first-order valence-corrected chi connectivity index (χ1v) is 12.6. The average molecular weight is 384 g/mol. The Morgan fingerprint density at radius 1 is 0.963 bits per heavy atom. The van der Waals surface area contributed by atoms with Crippen LogP contribution in [0.15, 0.2) is 30.3 Å². The summed E-state index contributed by atoms with van der Waals surface area (Å²) >= 11 is 0. The topological polar surface area (TPSA) is 55.4 Å². The Morgan fingerprint density at radius 3 is 2.30 bits per heavy atom.